The van der Waals surface area contributed by atoms with Gasteiger partial charge in [0.15, 0.2) is 0 Å². The largest absolute Gasteiger partial charge is 0.391 e. The number of carbonyl (C=O) groups excluding carboxylic acids is 1. The van der Waals surface area contributed by atoms with Crippen LogP contribution in [0.1, 0.15) is 16.8 Å². The number of β-amino-alcohol motifs (C(OH)–C–C–N with tert-alkyl or cyclic N) is 1. The third-order valence-electron chi connectivity index (χ3n) is 2.84. The first-order valence-electron chi connectivity index (χ1n) is 5.40. The zero-order chi connectivity index (χ0) is 13.3. The molecule has 1 amide bonds. The Labute approximate surface area is 102 Å². The van der Waals surface area contributed by atoms with E-state index in [1.807, 2.05) is 0 Å². The van der Waals surface area contributed by atoms with Crippen LogP contribution in [0.25, 0.3) is 0 Å². The maximum atomic E-state index is 13.4. The minimum Gasteiger partial charge on any atom is -0.391 e. The third-order valence-corrected chi connectivity index (χ3v) is 2.84. The molecule has 6 nitrogen and oxygen atoms in total. The summed E-state index contributed by atoms with van der Waals surface area (Å²) in [5.41, 5.74) is -0.611. The van der Waals surface area contributed by atoms with E-state index in [2.05, 4.69) is 0 Å². The number of nitro benzene ring substituents is 1. The van der Waals surface area contributed by atoms with Crippen LogP contribution in [-0.4, -0.2) is 40.0 Å². The monoisotopic (exact) mass is 254 g/mol. The molecule has 1 N–H and O–H groups in total. The van der Waals surface area contributed by atoms with Gasteiger partial charge in [0.05, 0.1) is 11.0 Å². The maximum absolute atomic E-state index is 13.4. The van der Waals surface area contributed by atoms with Crippen LogP contribution in [0.5, 0.6) is 0 Å². The molecule has 0 spiro atoms. The van der Waals surface area contributed by atoms with Gasteiger partial charge in [0, 0.05) is 24.7 Å². The van der Waals surface area contributed by atoms with Crippen LogP contribution in [0.4, 0.5) is 10.1 Å². The number of nitrogens with zero attached hydrogens (tertiary/aromatic N) is 2. The molecule has 1 saturated heterocycles. The molecule has 2 rings (SSSR count). The minimum atomic E-state index is -1.04. The zero-order valence-electron chi connectivity index (χ0n) is 9.38. The van der Waals surface area contributed by atoms with Crippen molar-refractivity contribution in [1.29, 1.82) is 0 Å². The second kappa shape index (κ2) is 4.69. The van der Waals surface area contributed by atoms with Crippen LogP contribution in [-0.2, 0) is 0 Å². The van der Waals surface area contributed by atoms with Crippen molar-refractivity contribution in [2.24, 2.45) is 0 Å². The van der Waals surface area contributed by atoms with E-state index in [4.69, 9.17) is 0 Å². The number of rotatable bonds is 2. The highest BCUT2D eigenvalue weighted by Crippen LogP contribution is 2.20. The highest BCUT2D eigenvalue weighted by molar-refractivity contribution is 5.94. The predicted molar refractivity (Wildman–Crippen MR) is 59.6 cm³/mol. The summed E-state index contributed by atoms with van der Waals surface area (Å²) < 4.78 is 13.4. The maximum Gasteiger partial charge on any atom is 0.304 e. The summed E-state index contributed by atoms with van der Waals surface area (Å²) >= 11 is 0. The van der Waals surface area contributed by atoms with Gasteiger partial charge in [-0.2, -0.15) is 4.39 Å². The molecular formula is C11H11FN2O4. The molecule has 7 heteroatoms. The number of carbonyl (C=O) groups is 1. The Balaban J connectivity index is 2.21. The lowest BCUT2D eigenvalue weighted by Gasteiger charge is -2.15. The molecule has 0 unspecified atom stereocenters. The van der Waals surface area contributed by atoms with E-state index in [9.17, 15) is 24.4 Å². The first-order chi connectivity index (χ1) is 8.49. The van der Waals surface area contributed by atoms with E-state index >= 15 is 0 Å². The van der Waals surface area contributed by atoms with Gasteiger partial charge in [-0.3, -0.25) is 14.9 Å². The Bertz CT molecular complexity index is 506. The van der Waals surface area contributed by atoms with Crippen molar-refractivity contribution in [1.82, 2.24) is 4.90 Å². The lowest BCUT2D eigenvalue weighted by Crippen LogP contribution is -2.29. The molecule has 0 bridgehead atoms. The fourth-order valence-electron chi connectivity index (χ4n) is 1.90. The smallest absolute Gasteiger partial charge is 0.304 e. The molecule has 1 heterocycles. The van der Waals surface area contributed by atoms with Crippen molar-refractivity contribution in [3.63, 3.8) is 0 Å². The van der Waals surface area contributed by atoms with E-state index < -0.39 is 28.4 Å². The zero-order valence-corrected chi connectivity index (χ0v) is 9.38. The quantitative estimate of drug-likeness (QED) is 0.628. The van der Waals surface area contributed by atoms with Crippen molar-refractivity contribution in [3.05, 3.63) is 39.7 Å². The molecule has 0 radical (unpaired) electrons. The topological polar surface area (TPSA) is 83.7 Å². The van der Waals surface area contributed by atoms with Crippen LogP contribution in [0.2, 0.25) is 0 Å². The molecule has 1 atom stereocenters. The van der Waals surface area contributed by atoms with Gasteiger partial charge in [0.2, 0.25) is 5.82 Å². The van der Waals surface area contributed by atoms with Crippen LogP contribution < -0.4 is 0 Å². The number of aliphatic hydroxyl groups is 1. The Kier molecular flexibility index (Phi) is 3.24. The number of likely N-dealkylation sites (tertiary alicyclic amines) is 1. The summed E-state index contributed by atoms with van der Waals surface area (Å²) in [7, 11) is 0. The first kappa shape index (κ1) is 12.4. The van der Waals surface area contributed by atoms with Crippen LogP contribution in [0.15, 0.2) is 18.2 Å². The van der Waals surface area contributed by atoms with Crippen molar-refractivity contribution < 1.29 is 19.2 Å². The molecule has 1 fully saturated rings. The average Bonchev–Trinajstić information content (AvgIpc) is 2.74. The Morgan fingerprint density at radius 1 is 1.56 bits per heavy atom. The van der Waals surface area contributed by atoms with E-state index in [1.165, 1.54) is 11.0 Å². The van der Waals surface area contributed by atoms with Gasteiger partial charge in [-0.1, -0.05) is 0 Å². The summed E-state index contributed by atoms with van der Waals surface area (Å²) in [6, 6.07) is 3.04. The summed E-state index contributed by atoms with van der Waals surface area (Å²) in [6.07, 6.45) is -0.0712. The number of nitro groups is 1. The number of hydrogen-bond acceptors (Lipinski definition) is 4. The van der Waals surface area contributed by atoms with Gasteiger partial charge in [-0.05, 0) is 18.6 Å². The van der Waals surface area contributed by atoms with Gasteiger partial charge in [-0.15, -0.1) is 0 Å². The van der Waals surface area contributed by atoms with Gasteiger partial charge < -0.3 is 10.0 Å². The third kappa shape index (κ3) is 2.30. The summed E-state index contributed by atoms with van der Waals surface area (Å²) in [5.74, 6) is -1.47. The fraction of sp³-hybridized carbons (Fsp3) is 0.364. The molecule has 0 aliphatic carbocycles. The van der Waals surface area contributed by atoms with Crippen molar-refractivity contribution in [3.8, 4) is 0 Å². The molecule has 1 aromatic carbocycles. The molecule has 0 aromatic heterocycles. The van der Waals surface area contributed by atoms with Gasteiger partial charge in [0.1, 0.15) is 0 Å². The second-order valence-corrected chi connectivity index (χ2v) is 4.12. The van der Waals surface area contributed by atoms with E-state index in [0.717, 1.165) is 12.1 Å². The molecular weight excluding hydrogens is 243 g/mol. The van der Waals surface area contributed by atoms with Gasteiger partial charge >= 0.3 is 5.69 Å². The lowest BCUT2D eigenvalue weighted by molar-refractivity contribution is -0.387. The number of amides is 1. The van der Waals surface area contributed by atoms with E-state index in [0.29, 0.717) is 13.0 Å². The number of hydrogen-bond donors (Lipinski definition) is 1. The molecule has 1 aliphatic rings. The van der Waals surface area contributed by atoms with E-state index in [-0.39, 0.29) is 12.1 Å². The Morgan fingerprint density at radius 2 is 2.28 bits per heavy atom. The molecule has 1 aliphatic heterocycles. The van der Waals surface area contributed by atoms with Crippen LogP contribution in [0, 0.1) is 15.9 Å². The van der Waals surface area contributed by atoms with E-state index in [1.54, 1.807) is 0 Å². The Morgan fingerprint density at radius 3 is 2.78 bits per heavy atom. The van der Waals surface area contributed by atoms with Crippen LogP contribution in [0.3, 0.4) is 0 Å². The highest BCUT2D eigenvalue weighted by Gasteiger charge is 2.26. The van der Waals surface area contributed by atoms with Crippen molar-refractivity contribution in [2.75, 3.05) is 13.1 Å². The Hall–Kier alpha value is -2.02. The molecule has 1 aromatic rings. The normalized spacial score (nSPS) is 19.0. The summed E-state index contributed by atoms with van der Waals surface area (Å²) in [4.78, 5) is 22.9. The second-order valence-electron chi connectivity index (χ2n) is 4.12. The number of benzene rings is 1. The van der Waals surface area contributed by atoms with Gasteiger partial charge in [0.25, 0.3) is 5.91 Å². The highest BCUT2D eigenvalue weighted by atomic mass is 19.1. The summed E-state index contributed by atoms with van der Waals surface area (Å²) in [5, 5.41) is 19.7. The predicted octanol–water partition coefficient (Wildman–Crippen LogP) is 0.941. The average molecular weight is 254 g/mol. The SMILES string of the molecule is O=C(c1ccc([N+](=O)[O-])c(F)c1)N1CC[C@@H](O)C1. The standard InChI is InChI=1S/C11H11FN2O4/c12-9-5-7(1-2-10(9)14(17)18)11(16)13-4-3-8(15)6-13/h1-2,5,8,15H,3-4,6H2/t8-/m1/s1. The number of halogens is 1. The first-order valence-corrected chi connectivity index (χ1v) is 5.40. The molecule has 18 heavy (non-hydrogen) atoms. The molecule has 96 valence electrons. The van der Waals surface area contributed by atoms with Crippen molar-refractivity contribution in [2.45, 2.75) is 12.5 Å². The van der Waals surface area contributed by atoms with Gasteiger partial charge in [-0.25, -0.2) is 0 Å². The molecule has 0 saturated carbocycles. The minimum absolute atomic E-state index is 0.0483. The summed E-state index contributed by atoms with van der Waals surface area (Å²) in [6.45, 7) is 0.607. The number of aliphatic hydroxyl groups excluding tert-OH is 1. The van der Waals surface area contributed by atoms with Crippen LogP contribution >= 0.6 is 0 Å². The lowest BCUT2D eigenvalue weighted by atomic mass is 10.1. The fourth-order valence-corrected chi connectivity index (χ4v) is 1.90. The van der Waals surface area contributed by atoms with Crippen molar-refractivity contribution >= 4 is 11.6 Å².